The van der Waals surface area contributed by atoms with Crippen LogP contribution in [0.5, 0.6) is 0 Å². The minimum atomic E-state index is -4.29. The fourth-order valence-corrected chi connectivity index (χ4v) is 7.48. The molecule has 63 heavy (non-hydrogen) atoms. The summed E-state index contributed by atoms with van der Waals surface area (Å²) in [6.45, 7) is 5.54. The van der Waals surface area contributed by atoms with E-state index in [1.54, 1.807) is 0 Å². The molecule has 0 radical (unpaired) electrons. The van der Waals surface area contributed by atoms with Crippen LogP contribution < -0.4 is 0 Å². The van der Waals surface area contributed by atoms with Crippen molar-refractivity contribution in [3.63, 3.8) is 0 Å². The Labute approximate surface area is 389 Å². The van der Waals surface area contributed by atoms with Crippen molar-refractivity contribution < 1.29 is 37.3 Å². The van der Waals surface area contributed by atoms with Gasteiger partial charge in [-0.1, -0.05) is 183 Å². The molecular formula is C54H99NO7P+. The molecule has 2 unspecified atom stereocenters. The number of quaternary nitrogens is 1. The molecule has 2 atom stereocenters. The van der Waals surface area contributed by atoms with Crippen molar-refractivity contribution in [2.45, 2.75) is 213 Å². The lowest BCUT2D eigenvalue weighted by molar-refractivity contribution is -0.870. The Morgan fingerprint density at radius 2 is 0.873 bits per heavy atom. The smallest absolute Gasteiger partial charge is 0.457 e. The Bertz CT molecular complexity index is 1230. The van der Waals surface area contributed by atoms with Crippen molar-refractivity contribution in [1.29, 1.82) is 0 Å². The summed E-state index contributed by atoms with van der Waals surface area (Å²) >= 11 is 0. The summed E-state index contributed by atoms with van der Waals surface area (Å²) < 4.78 is 35.1. The van der Waals surface area contributed by atoms with Gasteiger partial charge in [0.2, 0.25) is 0 Å². The van der Waals surface area contributed by atoms with Crippen LogP contribution in [0.25, 0.3) is 0 Å². The van der Waals surface area contributed by atoms with E-state index in [0.29, 0.717) is 24.1 Å². The van der Waals surface area contributed by atoms with Gasteiger partial charge in [0, 0.05) is 13.0 Å². The second-order valence-corrected chi connectivity index (χ2v) is 19.6. The number of ether oxygens (including phenoxy) is 2. The van der Waals surface area contributed by atoms with Gasteiger partial charge in [-0.15, -0.1) is 0 Å². The summed E-state index contributed by atoms with van der Waals surface area (Å²) in [5, 5.41) is 0. The highest BCUT2D eigenvalue weighted by Gasteiger charge is 2.26. The van der Waals surface area contributed by atoms with Crippen molar-refractivity contribution >= 4 is 13.8 Å². The number of nitrogens with zero attached hydrogens (tertiary/aromatic N) is 1. The Balaban J connectivity index is 4.22. The molecule has 1 N–H and O–H groups in total. The number of hydrogen-bond acceptors (Lipinski definition) is 6. The average molecular weight is 905 g/mol. The highest BCUT2D eigenvalue weighted by atomic mass is 31.2. The number of unbranched alkanes of at least 4 members (excludes halogenated alkanes) is 21. The first-order valence-electron chi connectivity index (χ1n) is 25.7. The molecule has 0 aliphatic heterocycles. The number of allylic oxidation sites excluding steroid dienone is 12. The van der Waals surface area contributed by atoms with Gasteiger partial charge in [-0.05, 0) is 89.9 Å². The summed E-state index contributed by atoms with van der Waals surface area (Å²) in [5.74, 6) is -0.331. The summed E-state index contributed by atoms with van der Waals surface area (Å²) in [7, 11) is 1.64. The second kappa shape index (κ2) is 46.5. The lowest BCUT2D eigenvalue weighted by Crippen LogP contribution is -2.37. The third-order valence-electron chi connectivity index (χ3n) is 10.7. The number of rotatable bonds is 47. The third-order valence-corrected chi connectivity index (χ3v) is 11.7. The lowest BCUT2D eigenvalue weighted by atomic mass is 10.1. The van der Waals surface area contributed by atoms with Crippen molar-refractivity contribution in [2.24, 2.45) is 0 Å². The van der Waals surface area contributed by atoms with Gasteiger partial charge in [-0.25, -0.2) is 4.57 Å². The Kier molecular flexibility index (Phi) is 44.9. The number of phosphoric ester groups is 1. The molecule has 0 saturated carbocycles. The van der Waals surface area contributed by atoms with Crippen LogP contribution >= 0.6 is 7.82 Å². The normalized spacial score (nSPS) is 14.2. The van der Waals surface area contributed by atoms with Gasteiger partial charge in [0.05, 0.1) is 34.4 Å². The highest BCUT2D eigenvalue weighted by molar-refractivity contribution is 7.47. The predicted molar refractivity (Wildman–Crippen MR) is 270 cm³/mol. The molecule has 0 aliphatic rings. The molecule has 0 aromatic rings. The van der Waals surface area contributed by atoms with Crippen LogP contribution in [0.2, 0.25) is 0 Å². The summed E-state index contributed by atoms with van der Waals surface area (Å²) in [6, 6.07) is 0. The van der Waals surface area contributed by atoms with Gasteiger partial charge in [0.1, 0.15) is 19.3 Å². The van der Waals surface area contributed by atoms with Crippen LogP contribution in [0, 0.1) is 0 Å². The molecule has 0 saturated heterocycles. The molecule has 0 aromatic carbocycles. The molecule has 0 bridgehead atoms. The molecule has 9 heteroatoms. The molecule has 366 valence electrons. The average Bonchev–Trinajstić information content (AvgIpc) is 3.24. The fourth-order valence-electron chi connectivity index (χ4n) is 6.74. The Morgan fingerprint density at radius 1 is 0.492 bits per heavy atom. The zero-order valence-corrected chi connectivity index (χ0v) is 42.4. The topological polar surface area (TPSA) is 91.3 Å². The van der Waals surface area contributed by atoms with E-state index in [2.05, 4.69) is 86.8 Å². The van der Waals surface area contributed by atoms with Crippen LogP contribution in [-0.2, 0) is 27.9 Å². The van der Waals surface area contributed by atoms with Crippen LogP contribution in [-0.4, -0.2) is 75.6 Å². The summed E-state index contributed by atoms with van der Waals surface area (Å²) in [4.78, 5) is 23.0. The zero-order valence-electron chi connectivity index (χ0n) is 41.5. The van der Waals surface area contributed by atoms with Gasteiger partial charge in [0.25, 0.3) is 0 Å². The number of likely N-dealkylation sites (N-methyl/N-ethyl adjacent to an activating group) is 1. The molecule has 8 nitrogen and oxygen atoms in total. The van der Waals surface area contributed by atoms with Gasteiger partial charge < -0.3 is 18.9 Å². The van der Waals surface area contributed by atoms with Crippen LogP contribution in [0.3, 0.4) is 0 Å². The van der Waals surface area contributed by atoms with Crippen LogP contribution in [0.1, 0.15) is 206 Å². The van der Waals surface area contributed by atoms with E-state index >= 15 is 0 Å². The SMILES string of the molecule is CCCCC/C=C\C/C=C\C/C=C\CCCCCCCCC(=O)OC(COCCCCCCCCC/C=C\C/C=C\C/C=C\CCCCCCC)COP(=O)(O)OCC[N+](C)(C)C. The van der Waals surface area contributed by atoms with E-state index in [-0.39, 0.29) is 25.8 Å². The summed E-state index contributed by atoms with van der Waals surface area (Å²) in [5.41, 5.74) is 0. The van der Waals surface area contributed by atoms with Crippen LogP contribution in [0.15, 0.2) is 72.9 Å². The van der Waals surface area contributed by atoms with Crippen molar-refractivity contribution in [3.05, 3.63) is 72.9 Å². The van der Waals surface area contributed by atoms with E-state index in [1.807, 2.05) is 21.1 Å². The maximum atomic E-state index is 12.8. The standard InChI is InChI=1S/C54H98NO7P/c1-6-8-10-12-14-16-18-20-22-24-26-27-28-30-32-34-36-38-40-42-44-46-49-59-51-53(52-61-63(57,58)60-50-48-55(3,4)5)62-54(56)47-45-43-41-39-37-35-33-31-29-25-23-21-19-17-15-13-11-9-7-2/h15,17-18,20-21,23-24,26,28-31,53H,6-14,16,19,22,25,27,32-52H2,1-5H3/p+1/b17-15-,20-18-,23-21-,26-24-,30-28-,31-29-. The van der Waals surface area contributed by atoms with E-state index in [1.165, 1.54) is 109 Å². The molecule has 0 heterocycles. The van der Waals surface area contributed by atoms with Crippen LogP contribution in [0.4, 0.5) is 0 Å². The van der Waals surface area contributed by atoms with E-state index in [9.17, 15) is 14.3 Å². The first-order chi connectivity index (χ1) is 30.6. The quantitative estimate of drug-likeness (QED) is 0.0214. The highest BCUT2D eigenvalue weighted by Crippen LogP contribution is 2.43. The molecule has 0 rings (SSSR count). The number of hydrogen-bond donors (Lipinski definition) is 1. The summed E-state index contributed by atoms with van der Waals surface area (Å²) in [6.07, 6.45) is 60.8. The first-order valence-corrected chi connectivity index (χ1v) is 27.2. The van der Waals surface area contributed by atoms with E-state index < -0.39 is 13.9 Å². The minimum Gasteiger partial charge on any atom is -0.457 e. The number of carbonyl (C=O) groups is 1. The maximum Gasteiger partial charge on any atom is 0.472 e. The maximum absolute atomic E-state index is 12.8. The minimum absolute atomic E-state index is 0.0802. The van der Waals surface area contributed by atoms with Crippen molar-refractivity contribution in [1.82, 2.24) is 0 Å². The Morgan fingerprint density at radius 3 is 1.33 bits per heavy atom. The van der Waals surface area contributed by atoms with Gasteiger partial charge in [0.15, 0.2) is 0 Å². The monoisotopic (exact) mass is 905 g/mol. The fraction of sp³-hybridized carbons (Fsp3) is 0.759. The predicted octanol–water partition coefficient (Wildman–Crippen LogP) is 15.8. The molecule has 0 aliphatic carbocycles. The molecule has 0 spiro atoms. The van der Waals surface area contributed by atoms with E-state index in [0.717, 1.165) is 77.0 Å². The molecule has 0 amide bonds. The Hall–Kier alpha value is -2.06. The molecule has 0 fully saturated rings. The second-order valence-electron chi connectivity index (χ2n) is 18.2. The number of carbonyl (C=O) groups excluding carboxylic acids is 1. The van der Waals surface area contributed by atoms with Crippen molar-refractivity contribution in [2.75, 3.05) is 54.1 Å². The van der Waals surface area contributed by atoms with Gasteiger partial charge in [-0.3, -0.25) is 13.8 Å². The largest absolute Gasteiger partial charge is 0.472 e. The first kappa shape index (κ1) is 60.9. The van der Waals surface area contributed by atoms with Gasteiger partial charge >= 0.3 is 13.8 Å². The van der Waals surface area contributed by atoms with Gasteiger partial charge in [-0.2, -0.15) is 0 Å². The van der Waals surface area contributed by atoms with Crippen molar-refractivity contribution in [3.8, 4) is 0 Å². The number of esters is 1. The molecule has 0 aromatic heterocycles. The lowest BCUT2D eigenvalue weighted by Gasteiger charge is -2.24. The number of phosphoric acid groups is 1. The zero-order chi connectivity index (χ0) is 46.2. The van der Waals surface area contributed by atoms with E-state index in [4.69, 9.17) is 18.5 Å². The third kappa shape index (κ3) is 50.8. The molecular weight excluding hydrogens is 806 g/mol.